The van der Waals surface area contributed by atoms with E-state index in [9.17, 15) is 13.2 Å². The van der Waals surface area contributed by atoms with Gasteiger partial charge in [-0.3, -0.25) is 9.10 Å². The monoisotopic (exact) mass is 372 g/mol. The van der Waals surface area contributed by atoms with Gasteiger partial charge < -0.3 is 4.90 Å². The van der Waals surface area contributed by atoms with Crippen LogP contribution in [0.2, 0.25) is 5.02 Å². The zero-order valence-electron chi connectivity index (χ0n) is 14.2. The van der Waals surface area contributed by atoms with Gasteiger partial charge in [0.15, 0.2) is 0 Å². The summed E-state index contributed by atoms with van der Waals surface area (Å²) in [5.74, 6) is -0.121. The van der Waals surface area contributed by atoms with E-state index in [1.165, 1.54) is 4.31 Å². The molecule has 1 aliphatic heterocycles. The highest BCUT2D eigenvalue weighted by Crippen LogP contribution is 2.26. The lowest BCUT2D eigenvalue weighted by molar-refractivity contribution is -0.132. The fraction of sp³-hybridized carbons (Fsp3) is 0.588. The summed E-state index contributed by atoms with van der Waals surface area (Å²) in [7, 11) is -3.61. The van der Waals surface area contributed by atoms with Crippen molar-refractivity contribution in [3.05, 3.63) is 29.3 Å². The normalized spacial score (nSPS) is 17.2. The number of nitrogens with zero attached hydrogens (tertiary/aromatic N) is 2. The smallest absolute Gasteiger partial charge is 0.246 e. The van der Waals surface area contributed by atoms with E-state index in [4.69, 9.17) is 11.6 Å². The highest BCUT2D eigenvalue weighted by molar-refractivity contribution is 7.92. The van der Waals surface area contributed by atoms with Crippen LogP contribution < -0.4 is 4.31 Å². The largest absolute Gasteiger partial charge is 0.341 e. The van der Waals surface area contributed by atoms with Crippen LogP contribution in [-0.2, 0) is 14.8 Å². The van der Waals surface area contributed by atoms with E-state index in [0.29, 0.717) is 30.2 Å². The van der Waals surface area contributed by atoms with E-state index in [2.05, 4.69) is 0 Å². The maximum Gasteiger partial charge on any atom is 0.246 e. The molecule has 134 valence electrons. The molecule has 0 spiro atoms. The number of carbonyl (C=O) groups is 1. The molecular formula is C17H25ClN2O3S. The molecule has 0 radical (unpaired) electrons. The molecule has 0 aliphatic carbocycles. The molecule has 7 heteroatoms. The third-order valence-electron chi connectivity index (χ3n) is 4.29. The molecule has 1 aliphatic rings. The first-order chi connectivity index (χ1) is 11.3. The Bertz CT molecular complexity index is 670. The Hall–Kier alpha value is -1.27. The van der Waals surface area contributed by atoms with E-state index in [1.54, 1.807) is 24.3 Å². The maximum absolute atomic E-state index is 13.0. The van der Waals surface area contributed by atoms with Crippen LogP contribution in [0, 0.1) is 0 Å². The lowest BCUT2D eigenvalue weighted by Gasteiger charge is -2.34. The Morgan fingerprint density at radius 1 is 1.25 bits per heavy atom. The molecule has 0 N–H and O–H groups in total. The molecular weight excluding hydrogens is 348 g/mol. The molecule has 5 nitrogen and oxygen atoms in total. The standard InChI is InChI=1S/C17H25ClN2O3S/c1-3-16(17(21)19-11-6-4-5-7-12-19)20(24(2,22)23)15-10-8-9-14(18)13-15/h8-10,13,16H,3-7,11-12H2,1-2H3. The molecule has 0 bridgehead atoms. The number of rotatable bonds is 5. The minimum atomic E-state index is -3.61. The first-order valence-corrected chi connectivity index (χ1v) is 10.6. The molecule has 0 saturated carbocycles. The van der Waals surface area contributed by atoms with E-state index < -0.39 is 16.1 Å². The van der Waals surface area contributed by atoms with E-state index >= 15 is 0 Å². The fourth-order valence-electron chi connectivity index (χ4n) is 3.16. The highest BCUT2D eigenvalue weighted by atomic mass is 35.5. The van der Waals surface area contributed by atoms with E-state index in [1.807, 2.05) is 11.8 Å². The Labute approximate surface area is 149 Å². The summed E-state index contributed by atoms with van der Waals surface area (Å²) in [5, 5.41) is 0.443. The van der Waals surface area contributed by atoms with Crippen molar-refractivity contribution >= 4 is 33.2 Å². The van der Waals surface area contributed by atoms with Crippen LogP contribution in [-0.4, -0.2) is 44.6 Å². The van der Waals surface area contributed by atoms with Gasteiger partial charge in [0, 0.05) is 18.1 Å². The Kier molecular flexibility index (Phi) is 6.52. The van der Waals surface area contributed by atoms with Crippen molar-refractivity contribution in [2.45, 2.75) is 45.1 Å². The minimum absolute atomic E-state index is 0.121. The van der Waals surface area contributed by atoms with Crippen molar-refractivity contribution in [1.82, 2.24) is 4.90 Å². The predicted octanol–water partition coefficient (Wildman–Crippen LogP) is 3.29. The third kappa shape index (κ3) is 4.63. The van der Waals surface area contributed by atoms with Crippen molar-refractivity contribution in [2.75, 3.05) is 23.7 Å². The number of likely N-dealkylation sites (tertiary alicyclic amines) is 1. The summed E-state index contributed by atoms with van der Waals surface area (Å²) in [4.78, 5) is 14.8. The fourth-order valence-corrected chi connectivity index (χ4v) is 4.54. The summed E-state index contributed by atoms with van der Waals surface area (Å²) in [5.41, 5.74) is 0.431. The van der Waals surface area contributed by atoms with Gasteiger partial charge in [0.05, 0.1) is 11.9 Å². The van der Waals surface area contributed by atoms with Crippen LogP contribution in [0.1, 0.15) is 39.0 Å². The summed E-state index contributed by atoms with van der Waals surface area (Å²) < 4.78 is 26.0. The van der Waals surface area contributed by atoms with Gasteiger partial charge in [-0.25, -0.2) is 8.42 Å². The summed E-state index contributed by atoms with van der Waals surface area (Å²) in [6.45, 7) is 3.23. The second kappa shape index (κ2) is 8.21. The van der Waals surface area contributed by atoms with Gasteiger partial charge in [0.2, 0.25) is 15.9 Å². The Morgan fingerprint density at radius 3 is 2.38 bits per heavy atom. The number of amides is 1. The second-order valence-electron chi connectivity index (χ2n) is 6.20. The summed E-state index contributed by atoms with van der Waals surface area (Å²) in [6, 6.07) is 5.89. The molecule has 0 aromatic heterocycles. The van der Waals surface area contributed by atoms with E-state index in [-0.39, 0.29) is 5.91 Å². The van der Waals surface area contributed by atoms with Crippen molar-refractivity contribution in [1.29, 1.82) is 0 Å². The molecule has 1 atom stereocenters. The van der Waals surface area contributed by atoms with Gasteiger partial charge in [0.1, 0.15) is 6.04 Å². The summed E-state index contributed by atoms with van der Waals surface area (Å²) >= 11 is 6.02. The lowest BCUT2D eigenvalue weighted by Crippen LogP contribution is -2.51. The molecule has 2 rings (SSSR count). The number of benzene rings is 1. The number of sulfonamides is 1. The Morgan fingerprint density at radius 2 is 1.88 bits per heavy atom. The number of halogens is 1. The Balaban J connectivity index is 2.36. The molecule has 1 aromatic carbocycles. The van der Waals surface area contributed by atoms with Crippen molar-refractivity contribution < 1.29 is 13.2 Å². The first kappa shape index (κ1) is 19.1. The average molecular weight is 373 g/mol. The van der Waals surface area contributed by atoms with Crippen LogP contribution in [0.15, 0.2) is 24.3 Å². The van der Waals surface area contributed by atoms with Crippen LogP contribution in [0.3, 0.4) is 0 Å². The zero-order valence-corrected chi connectivity index (χ0v) is 15.8. The number of carbonyl (C=O) groups excluding carboxylic acids is 1. The lowest BCUT2D eigenvalue weighted by atomic mass is 10.1. The van der Waals surface area contributed by atoms with Crippen LogP contribution >= 0.6 is 11.6 Å². The number of hydrogen-bond acceptors (Lipinski definition) is 3. The van der Waals surface area contributed by atoms with Crippen molar-refractivity contribution in [3.8, 4) is 0 Å². The van der Waals surface area contributed by atoms with Crippen LogP contribution in [0.25, 0.3) is 0 Å². The van der Waals surface area contributed by atoms with Gasteiger partial charge in [0.25, 0.3) is 0 Å². The predicted molar refractivity (Wildman–Crippen MR) is 97.9 cm³/mol. The summed E-state index contributed by atoms with van der Waals surface area (Å²) in [6.07, 6.45) is 5.72. The van der Waals surface area contributed by atoms with Crippen LogP contribution in [0.4, 0.5) is 5.69 Å². The van der Waals surface area contributed by atoms with Crippen molar-refractivity contribution in [3.63, 3.8) is 0 Å². The highest BCUT2D eigenvalue weighted by Gasteiger charge is 2.34. The third-order valence-corrected chi connectivity index (χ3v) is 5.71. The van der Waals surface area contributed by atoms with Gasteiger partial charge in [-0.15, -0.1) is 0 Å². The van der Waals surface area contributed by atoms with Gasteiger partial charge in [-0.1, -0.05) is 37.4 Å². The van der Waals surface area contributed by atoms with Gasteiger partial charge in [-0.05, 0) is 37.5 Å². The van der Waals surface area contributed by atoms with Crippen LogP contribution in [0.5, 0.6) is 0 Å². The molecule has 1 heterocycles. The molecule has 24 heavy (non-hydrogen) atoms. The zero-order chi connectivity index (χ0) is 17.7. The molecule has 1 unspecified atom stereocenters. The molecule has 1 amide bonds. The first-order valence-electron chi connectivity index (χ1n) is 8.38. The number of anilines is 1. The number of hydrogen-bond donors (Lipinski definition) is 0. The van der Waals surface area contributed by atoms with Gasteiger partial charge >= 0.3 is 0 Å². The maximum atomic E-state index is 13.0. The average Bonchev–Trinajstić information content (AvgIpc) is 2.79. The molecule has 1 fully saturated rings. The topological polar surface area (TPSA) is 57.7 Å². The van der Waals surface area contributed by atoms with E-state index in [0.717, 1.165) is 31.9 Å². The van der Waals surface area contributed by atoms with Gasteiger partial charge in [-0.2, -0.15) is 0 Å². The second-order valence-corrected chi connectivity index (χ2v) is 8.50. The quantitative estimate of drug-likeness (QED) is 0.796. The molecule has 1 saturated heterocycles. The SMILES string of the molecule is CCC(C(=O)N1CCCCCC1)N(c1cccc(Cl)c1)S(C)(=O)=O. The molecule has 1 aromatic rings. The van der Waals surface area contributed by atoms with Crippen molar-refractivity contribution in [2.24, 2.45) is 0 Å². The minimum Gasteiger partial charge on any atom is -0.341 e.